The molecule has 0 amide bonds. The van der Waals surface area contributed by atoms with Crippen molar-refractivity contribution < 1.29 is 4.74 Å². The van der Waals surface area contributed by atoms with E-state index in [2.05, 4.69) is 63.2 Å². The SMILES string of the molecule is C.C.C.C.C.C.C.C.C.C.CN=P(C)(N=P(C)(C)N=P(C)(C)N=P(C)(C)C)NCCOC. The van der Waals surface area contributed by atoms with Gasteiger partial charge in [0.05, 0.1) is 21.0 Å². The van der Waals surface area contributed by atoms with Gasteiger partial charge >= 0.3 is 0 Å². The number of nitrogens with one attached hydrogen (secondary N) is 1. The molecule has 0 rings (SSSR count). The van der Waals surface area contributed by atoms with Gasteiger partial charge in [0, 0.05) is 27.4 Å². The molecule has 0 aliphatic carbocycles. The van der Waals surface area contributed by atoms with E-state index >= 15 is 0 Å². The average Bonchev–Trinajstić information content (AvgIpc) is 2.23. The molecule has 10 heteroatoms. The van der Waals surface area contributed by atoms with Crippen LogP contribution in [0.15, 0.2) is 18.3 Å². The van der Waals surface area contributed by atoms with Gasteiger partial charge in [0.1, 0.15) is 7.36 Å². The first-order chi connectivity index (χ1) is 9.74. The average molecular weight is 550 g/mol. The first-order valence-corrected chi connectivity index (χ1v) is 17.6. The molecule has 0 heterocycles. The summed E-state index contributed by atoms with van der Waals surface area (Å²) in [7, 11) is -2.93. The molecule has 1 N–H and O–H groups in total. The zero-order chi connectivity index (χ0) is 17.7. The number of methoxy groups -OCH3 is 1. The molecule has 0 aromatic rings. The van der Waals surface area contributed by atoms with Crippen LogP contribution < -0.4 is 5.09 Å². The van der Waals surface area contributed by atoms with Crippen molar-refractivity contribution in [2.75, 3.05) is 80.6 Å². The Kier molecular flexibility index (Phi) is 61.2. The number of hydrogen-bond donors (Lipinski definition) is 1. The fraction of sp³-hybridized carbons (Fsp3) is 1.00. The van der Waals surface area contributed by atoms with E-state index in [1.165, 1.54) is 0 Å². The van der Waals surface area contributed by atoms with E-state index in [4.69, 9.17) is 18.3 Å². The molecule has 0 aliphatic heterocycles. The van der Waals surface area contributed by atoms with Crippen LogP contribution in [0.1, 0.15) is 74.3 Å². The maximum absolute atomic E-state index is 5.10. The first kappa shape index (κ1) is 69.8. The standard InChI is InChI=1S/C12H35N5OP4.10CH4/c1-13-22(10,14-11-12-18-2)17-21(8,9)16-20(6,7)15-19(3,4)5;;;;;;;;;;/h14H,11-12H2,1-10H3;10*1H4. The van der Waals surface area contributed by atoms with E-state index in [0.717, 1.165) is 6.54 Å². The van der Waals surface area contributed by atoms with Crippen molar-refractivity contribution in [3.8, 4) is 0 Å². The molecule has 0 bridgehead atoms. The van der Waals surface area contributed by atoms with Crippen molar-refractivity contribution in [1.29, 1.82) is 0 Å². The molecule has 0 radical (unpaired) electrons. The van der Waals surface area contributed by atoms with Crippen LogP contribution in [-0.4, -0.2) is 80.6 Å². The van der Waals surface area contributed by atoms with Crippen molar-refractivity contribution in [2.45, 2.75) is 74.3 Å². The number of hydrogen-bond acceptors (Lipinski definition) is 2. The zero-order valence-electron chi connectivity index (χ0n) is 15.9. The van der Waals surface area contributed by atoms with E-state index in [0.29, 0.717) is 6.61 Å². The highest BCUT2D eigenvalue weighted by Crippen LogP contribution is 2.65. The Hall–Kier alpha value is 0.840. The first-order valence-electron chi connectivity index (χ1n) is 7.20. The molecule has 0 fully saturated rings. The molecular formula is C22H75N5OP4. The fourth-order valence-electron chi connectivity index (χ4n) is 2.16. The topological polar surface area (TPSA) is 70.7 Å². The summed E-state index contributed by atoms with van der Waals surface area (Å²) in [5.74, 6) is 0. The van der Waals surface area contributed by atoms with Crippen LogP contribution >= 0.6 is 28.8 Å². The van der Waals surface area contributed by atoms with Gasteiger partial charge in [-0.25, -0.2) is 9.03 Å². The predicted octanol–water partition coefficient (Wildman–Crippen LogP) is 11.7. The minimum Gasteiger partial charge on any atom is -0.383 e. The second kappa shape index (κ2) is 28.1. The van der Waals surface area contributed by atoms with Crippen LogP contribution in [0.3, 0.4) is 0 Å². The van der Waals surface area contributed by atoms with E-state index in [1.54, 1.807) is 7.11 Å². The zero-order valence-corrected chi connectivity index (χ0v) is 19.5. The molecule has 1 atom stereocenters. The Morgan fingerprint density at radius 2 is 0.938 bits per heavy atom. The van der Waals surface area contributed by atoms with Crippen molar-refractivity contribution in [3.05, 3.63) is 0 Å². The molecule has 0 aromatic carbocycles. The monoisotopic (exact) mass is 549 g/mol. The fourth-order valence-corrected chi connectivity index (χ4v) is 17.3. The summed E-state index contributed by atoms with van der Waals surface area (Å²) in [4.78, 5) is 0. The third-order valence-electron chi connectivity index (χ3n) is 2.43. The quantitative estimate of drug-likeness (QED) is 0.253. The summed E-state index contributed by atoms with van der Waals surface area (Å²) in [6.45, 7) is 18.9. The summed E-state index contributed by atoms with van der Waals surface area (Å²) in [5.41, 5.74) is 0. The molecular weight excluding hydrogens is 474 g/mol. The summed E-state index contributed by atoms with van der Waals surface area (Å²) < 4.78 is 24.8. The maximum Gasteiger partial charge on any atom is 0.134 e. The number of rotatable bonds is 7. The van der Waals surface area contributed by atoms with Crippen molar-refractivity contribution >= 4 is 28.8 Å². The molecule has 32 heavy (non-hydrogen) atoms. The van der Waals surface area contributed by atoms with Gasteiger partial charge in [0.2, 0.25) is 0 Å². The van der Waals surface area contributed by atoms with Crippen molar-refractivity contribution in [2.24, 2.45) is 18.3 Å². The minimum atomic E-state index is -1.88. The Morgan fingerprint density at radius 1 is 0.594 bits per heavy atom. The second-order valence-electron chi connectivity index (χ2n) is 6.90. The predicted molar refractivity (Wildman–Crippen MR) is 178 cm³/mol. The van der Waals surface area contributed by atoms with Gasteiger partial charge in [-0.1, -0.05) is 74.3 Å². The maximum atomic E-state index is 5.10. The van der Waals surface area contributed by atoms with Crippen LogP contribution in [0, 0.1) is 0 Å². The Labute approximate surface area is 211 Å². The molecule has 1 unspecified atom stereocenters. The molecule has 214 valence electrons. The van der Waals surface area contributed by atoms with Crippen LogP contribution in [0.4, 0.5) is 0 Å². The van der Waals surface area contributed by atoms with E-state index in [1.807, 2.05) is 7.05 Å². The molecule has 0 spiro atoms. The Bertz CT molecular complexity index is 577. The Balaban J connectivity index is -0.0000000490. The van der Waals surface area contributed by atoms with Gasteiger partial charge in [-0.2, -0.15) is 0 Å². The summed E-state index contributed by atoms with van der Waals surface area (Å²) >= 11 is 0. The summed E-state index contributed by atoms with van der Waals surface area (Å²) in [6, 6.07) is 0. The van der Waals surface area contributed by atoms with E-state index < -0.39 is 28.8 Å². The summed E-state index contributed by atoms with van der Waals surface area (Å²) in [6.07, 6.45) is 0. The highest BCUT2D eigenvalue weighted by molar-refractivity contribution is 7.81. The lowest BCUT2D eigenvalue weighted by molar-refractivity contribution is 0.204. The molecule has 0 aromatic heterocycles. The lowest BCUT2D eigenvalue weighted by Crippen LogP contribution is -2.14. The van der Waals surface area contributed by atoms with Crippen LogP contribution in [0.2, 0.25) is 0 Å². The lowest BCUT2D eigenvalue weighted by Gasteiger charge is -2.23. The van der Waals surface area contributed by atoms with Gasteiger partial charge in [-0.05, 0) is 53.7 Å². The molecule has 6 nitrogen and oxygen atoms in total. The molecule has 0 saturated carbocycles. The van der Waals surface area contributed by atoms with Gasteiger partial charge < -0.3 is 4.74 Å². The van der Waals surface area contributed by atoms with Gasteiger partial charge in [0.25, 0.3) is 0 Å². The third kappa shape index (κ3) is 35.4. The van der Waals surface area contributed by atoms with Gasteiger partial charge in [-0.15, -0.1) is 0 Å². The van der Waals surface area contributed by atoms with Crippen molar-refractivity contribution in [1.82, 2.24) is 5.09 Å². The molecule has 0 aliphatic rings. The van der Waals surface area contributed by atoms with Crippen molar-refractivity contribution in [3.63, 3.8) is 0 Å². The Morgan fingerprint density at radius 3 is 1.22 bits per heavy atom. The highest BCUT2D eigenvalue weighted by atomic mass is 31.2. The van der Waals surface area contributed by atoms with Crippen LogP contribution in [-0.2, 0) is 4.74 Å². The van der Waals surface area contributed by atoms with Crippen LogP contribution in [0.5, 0.6) is 0 Å². The number of ether oxygens (including phenoxy) is 1. The smallest absolute Gasteiger partial charge is 0.134 e. The van der Waals surface area contributed by atoms with Gasteiger partial charge in [-0.3, -0.25) is 14.3 Å². The van der Waals surface area contributed by atoms with E-state index in [-0.39, 0.29) is 74.3 Å². The largest absolute Gasteiger partial charge is 0.383 e. The summed E-state index contributed by atoms with van der Waals surface area (Å²) in [5, 5.41) is 3.45. The van der Waals surface area contributed by atoms with Crippen LogP contribution in [0.25, 0.3) is 0 Å². The number of nitrogens with zero attached hydrogens (tertiary/aromatic N) is 4. The lowest BCUT2D eigenvalue weighted by atomic mass is 10.7. The third-order valence-corrected chi connectivity index (χ3v) is 14.6. The highest BCUT2D eigenvalue weighted by Gasteiger charge is 2.16. The van der Waals surface area contributed by atoms with E-state index in [9.17, 15) is 0 Å². The minimum absolute atomic E-state index is 0. The normalized spacial score (nSPS) is 10.9. The molecule has 0 saturated heterocycles. The second-order valence-corrected chi connectivity index (χ2v) is 20.8. The van der Waals surface area contributed by atoms with Gasteiger partial charge in [0.15, 0.2) is 0 Å².